The summed E-state index contributed by atoms with van der Waals surface area (Å²) in [6.45, 7) is 0.375. The van der Waals surface area contributed by atoms with Gasteiger partial charge in [-0.25, -0.2) is 0 Å². The summed E-state index contributed by atoms with van der Waals surface area (Å²) in [5.74, 6) is 0.574. The fraction of sp³-hybridized carbons (Fsp3) is 0.120. The van der Waals surface area contributed by atoms with E-state index in [-0.39, 0.29) is 24.3 Å². The van der Waals surface area contributed by atoms with Crippen LogP contribution in [0.25, 0.3) is 6.08 Å². The van der Waals surface area contributed by atoms with Gasteiger partial charge in [0.2, 0.25) is 0 Å². The Hall–Kier alpha value is -2.16. The van der Waals surface area contributed by atoms with E-state index in [1.54, 1.807) is 60.7 Å². The quantitative estimate of drug-likeness (QED) is 0.251. The minimum Gasteiger partial charge on any atom is -0.493 e. The van der Waals surface area contributed by atoms with Crippen LogP contribution in [-0.4, -0.2) is 23.2 Å². The van der Waals surface area contributed by atoms with Crippen molar-refractivity contribution in [3.8, 4) is 11.5 Å². The smallest absolute Gasteiger partial charge is 0.293 e. The lowest BCUT2D eigenvalue weighted by molar-refractivity contribution is -0.123. The van der Waals surface area contributed by atoms with Crippen molar-refractivity contribution < 1.29 is 19.1 Å². The molecule has 0 saturated carbocycles. The molecule has 2 amide bonds. The highest BCUT2D eigenvalue weighted by Crippen LogP contribution is 2.40. The lowest BCUT2D eigenvalue weighted by atomic mass is 10.1. The van der Waals surface area contributed by atoms with E-state index < -0.39 is 0 Å². The van der Waals surface area contributed by atoms with Crippen LogP contribution in [0.4, 0.5) is 4.79 Å². The predicted molar refractivity (Wildman–Crippen MR) is 144 cm³/mol. The summed E-state index contributed by atoms with van der Waals surface area (Å²) in [6, 6.07) is 15.7. The first-order valence-corrected chi connectivity index (χ1v) is 12.9. The first-order chi connectivity index (χ1) is 16.7. The van der Waals surface area contributed by atoms with Gasteiger partial charge in [-0.1, -0.05) is 53.0 Å². The van der Waals surface area contributed by atoms with Gasteiger partial charge in [-0.3, -0.25) is 14.5 Å². The summed E-state index contributed by atoms with van der Waals surface area (Å²) in [7, 11) is 1.52. The highest BCUT2D eigenvalue weighted by molar-refractivity contribution is 9.10. The van der Waals surface area contributed by atoms with E-state index in [1.165, 1.54) is 12.0 Å². The van der Waals surface area contributed by atoms with Gasteiger partial charge in [0.1, 0.15) is 6.61 Å². The summed E-state index contributed by atoms with van der Waals surface area (Å²) in [4.78, 5) is 26.9. The van der Waals surface area contributed by atoms with Gasteiger partial charge in [0.15, 0.2) is 11.5 Å². The maximum atomic E-state index is 12.9. The largest absolute Gasteiger partial charge is 0.493 e. The van der Waals surface area contributed by atoms with Crippen LogP contribution >= 0.6 is 62.5 Å². The van der Waals surface area contributed by atoms with E-state index in [1.807, 2.05) is 0 Å². The number of carbonyl (C=O) groups excluding carboxylic acids is 2. The minimum absolute atomic E-state index is 0.173. The van der Waals surface area contributed by atoms with Crippen LogP contribution in [0.5, 0.6) is 11.5 Å². The third-order valence-electron chi connectivity index (χ3n) is 5.06. The molecule has 1 heterocycles. The first kappa shape index (κ1) is 25.9. The second-order valence-corrected chi connectivity index (χ2v) is 10.6. The molecule has 3 aromatic rings. The molecule has 0 spiro atoms. The standard InChI is InChI=1S/C25H17BrCl3NO4S/c1-33-21-9-15(8-19(26)23(21)34-13-16-4-7-18(28)11-20(16)29)10-22-24(31)30(25(32)35-22)12-14-2-5-17(27)6-3-14/h2-11H,12-13H2,1H3/b22-10-. The van der Waals surface area contributed by atoms with E-state index in [9.17, 15) is 9.59 Å². The van der Waals surface area contributed by atoms with Crippen LogP contribution in [0, 0.1) is 0 Å². The van der Waals surface area contributed by atoms with Crippen LogP contribution in [0.2, 0.25) is 15.1 Å². The molecule has 0 atom stereocenters. The van der Waals surface area contributed by atoms with Gasteiger partial charge in [0, 0.05) is 20.6 Å². The van der Waals surface area contributed by atoms with Gasteiger partial charge in [-0.15, -0.1) is 0 Å². The van der Waals surface area contributed by atoms with Crippen molar-refractivity contribution in [1.82, 2.24) is 4.90 Å². The highest BCUT2D eigenvalue weighted by Gasteiger charge is 2.35. The molecule has 1 fully saturated rings. The normalized spacial score (nSPS) is 14.7. The van der Waals surface area contributed by atoms with Crippen molar-refractivity contribution in [3.05, 3.63) is 95.7 Å². The molecule has 0 aromatic heterocycles. The molecular formula is C25H17BrCl3NO4S. The number of methoxy groups -OCH3 is 1. The zero-order valence-electron chi connectivity index (χ0n) is 18.2. The molecule has 1 aliphatic heterocycles. The third kappa shape index (κ3) is 6.16. The SMILES string of the molecule is COc1cc(/C=C2\SC(=O)N(Cc3ccc(Cl)cc3)C2=O)cc(Br)c1OCc1ccc(Cl)cc1Cl. The second kappa shape index (κ2) is 11.3. The van der Waals surface area contributed by atoms with E-state index >= 15 is 0 Å². The maximum Gasteiger partial charge on any atom is 0.293 e. The summed E-state index contributed by atoms with van der Waals surface area (Å²) in [5.41, 5.74) is 2.25. The number of halogens is 4. The van der Waals surface area contributed by atoms with E-state index in [0.717, 1.165) is 22.9 Å². The summed E-state index contributed by atoms with van der Waals surface area (Å²) in [5, 5.41) is 1.30. The van der Waals surface area contributed by atoms with Crippen molar-refractivity contribution in [3.63, 3.8) is 0 Å². The average Bonchev–Trinajstić information content (AvgIpc) is 3.07. The Bertz CT molecular complexity index is 1330. The Morgan fingerprint density at radius 3 is 2.40 bits per heavy atom. The van der Waals surface area contributed by atoms with E-state index in [0.29, 0.717) is 41.5 Å². The Kier molecular flexibility index (Phi) is 8.34. The van der Waals surface area contributed by atoms with Crippen molar-refractivity contribution in [2.45, 2.75) is 13.2 Å². The van der Waals surface area contributed by atoms with Crippen LogP contribution in [0.15, 0.2) is 64.0 Å². The van der Waals surface area contributed by atoms with E-state index in [4.69, 9.17) is 44.3 Å². The van der Waals surface area contributed by atoms with Gasteiger partial charge in [-0.05, 0) is 81.3 Å². The number of hydrogen-bond acceptors (Lipinski definition) is 5. The van der Waals surface area contributed by atoms with Crippen molar-refractivity contribution in [2.24, 2.45) is 0 Å². The number of imide groups is 1. The molecule has 0 bridgehead atoms. The maximum absolute atomic E-state index is 12.9. The molecule has 10 heteroatoms. The van der Waals surface area contributed by atoms with Crippen molar-refractivity contribution in [2.75, 3.05) is 7.11 Å². The summed E-state index contributed by atoms with van der Waals surface area (Å²) < 4.78 is 12.1. The molecular weight excluding hydrogens is 597 g/mol. The van der Waals surface area contributed by atoms with Crippen LogP contribution < -0.4 is 9.47 Å². The van der Waals surface area contributed by atoms with Crippen LogP contribution in [0.3, 0.4) is 0 Å². The number of hydrogen-bond donors (Lipinski definition) is 0. The van der Waals surface area contributed by atoms with Gasteiger partial charge in [-0.2, -0.15) is 0 Å². The molecule has 3 aromatic carbocycles. The first-order valence-electron chi connectivity index (χ1n) is 10.2. The molecule has 5 nitrogen and oxygen atoms in total. The Labute approximate surface area is 230 Å². The zero-order chi connectivity index (χ0) is 25.1. The second-order valence-electron chi connectivity index (χ2n) is 7.45. The highest BCUT2D eigenvalue weighted by atomic mass is 79.9. The topological polar surface area (TPSA) is 55.8 Å². The molecule has 0 unspecified atom stereocenters. The number of thioether (sulfide) groups is 1. The van der Waals surface area contributed by atoms with Crippen molar-refractivity contribution in [1.29, 1.82) is 0 Å². The molecule has 1 saturated heterocycles. The molecule has 1 aliphatic rings. The lowest BCUT2D eigenvalue weighted by Crippen LogP contribution is -2.27. The van der Waals surface area contributed by atoms with Gasteiger partial charge in [0.05, 0.1) is 23.0 Å². The summed E-state index contributed by atoms with van der Waals surface area (Å²) in [6.07, 6.45) is 1.65. The Balaban J connectivity index is 1.53. The van der Waals surface area contributed by atoms with E-state index in [2.05, 4.69) is 15.9 Å². The number of benzene rings is 3. The number of carbonyl (C=O) groups is 2. The number of ether oxygens (including phenoxy) is 2. The predicted octanol–water partition coefficient (Wildman–Crippen LogP) is 8.23. The lowest BCUT2D eigenvalue weighted by Gasteiger charge is -2.14. The Morgan fingerprint density at radius 2 is 1.71 bits per heavy atom. The molecule has 0 aliphatic carbocycles. The number of nitrogens with zero attached hydrogens (tertiary/aromatic N) is 1. The van der Waals surface area contributed by atoms with Crippen LogP contribution in [0.1, 0.15) is 16.7 Å². The number of amides is 2. The molecule has 4 rings (SSSR count). The molecule has 0 radical (unpaired) electrons. The third-order valence-corrected chi connectivity index (χ3v) is 7.40. The van der Waals surface area contributed by atoms with Gasteiger partial charge >= 0.3 is 0 Å². The average molecular weight is 614 g/mol. The van der Waals surface area contributed by atoms with Crippen LogP contribution in [-0.2, 0) is 17.9 Å². The fourth-order valence-corrected chi connectivity index (χ4v) is 5.31. The fourth-order valence-electron chi connectivity index (χ4n) is 3.31. The summed E-state index contributed by atoms with van der Waals surface area (Å²) >= 11 is 22.5. The zero-order valence-corrected chi connectivity index (χ0v) is 22.9. The Morgan fingerprint density at radius 1 is 1.00 bits per heavy atom. The van der Waals surface area contributed by atoms with Gasteiger partial charge < -0.3 is 9.47 Å². The van der Waals surface area contributed by atoms with Gasteiger partial charge in [0.25, 0.3) is 11.1 Å². The molecule has 0 N–H and O–H groups in total. The molecule has 35 heavy (non-hydrogen) atoms. The number of rotatable bonds is 7. The molecule has 180 valence electrons. The monoisotopic (exact) mass is 611 g/mol. The minimum atomic E-state index is -0.359. The van der Waals surface area contributed by atoms with Crippen molar-refractivity contribution >= 4 is 79.7 Å².